The molecule has 0 amide bonds. The molecule has 0 aliphatic rings. The molecule has 0 N–H and O–H groups in total. The van der Waals surface area contributed by atoms with E-state index in [2.05, 4.69) is 0 Å². The first-order chi connectivity index (χ1) is 18.8. The second-order valence-electron chi connectivity index (χ2n) is 8.25. The molecule has 12 heteroatoms. The summed E-state index contributed by atoms with van der Waals surface area (Å²) in [7, 11) is 0. The van der Waals surface area contributed by atoms with Crippen LogP contribution in [-0.2, 0) is 19.8 Å². The SMILES string of the molecule is O=[N+]([O-])c1ccc(COc2ccc(OCc3ccc([N+](=O)[O-])cc3)c(OCc3ccc([N+](=O)[O-])cc3)c2)cc1. The number of rotatable bonds is 12. The minimum absolute atomic E-state index is 0.0183. The van der Waals surface area contributed by atoms with Crippen LogP contribution in [0.1, 0.15) is 16.7 Å². The number of benzene rings is 4. The van der Waals surface area contributed by atoms with Gasteiger partial charge in [0.1, 0.15) is 25.6 Å². The number of non-ortho nitro benzene ring substituents is 3. The number of hydrogen-bond donors (Lipinski definition) is 0. The van der Waals surface area contributed by atoms with Gasteiger partial charge in [-0.3, -0.25) is 30.3 Å². The Labute approximate surface area is 221 Å². The third kappa shape index (κ3) is 7.26. The average molecular weight is 531 g/mol. The summed E-state index contributed by atoms with van der Waals surface area (Å²) in [5, 5.41) is 32.6. The van der Waals surface area contributed by atoms with Gasteiger partial charge in [0.15, 0.2) is 11.5 Å². The van der Waals surface area contributed by atoms with E-state index >= 15 is 0 Å². The third-order valence-electron chi connectivity index (χ3n) is 5.55. The first-order valence-electron chi connectivity index (χ1n) is 11.5. The molecule has 0 unspecified atom stereocenters. The molecule has 0 aromatic heterocycles. The van der Waals surface area contributed by atoms with Gasteiger partial charge in [0.2, 0.25) is 0 Å². The van der Waals surface area contributed by atoms with Crippen molar-refractivity contribution in [1.29, 1.82) is 0 Å². The molecule has 0 spiro atoms. The Morgan fingerprint density at radius 1 is 0.462 bits per heavy atom. The van der Waals surface area contributed by atoms with Crippen LogP contribution in [0.3, 0.4) is 0 Å². The molecular weight excluding hydrogens is 510 g/mol. The standard InChI is InChI=1S/C27H21N3O9/c31-28(32)22-7-1-19(2-8-22)16-37-25-13-14-26(38-17-20-3-9-23(10-4-20)29(33)34)27(15-25)39-18-21-5-11-24(12-6-21)30(35)36/h1-15H,16-18H2. The quantitative estimate of drug-likeness (QED) is 0.154. The predicted octanol–water partition coefficient (Wildman–Crippen LogP) is 6.15. The fourth-order valence-corrected chi connectivity index (χ4v) is 3.44. The first kappa shape index (κ1) is 26.5. The molecule has 12 nitrogen and oxygen atoms in total. The lowest BCUT2D eigenvalue weighted by atomic mass is 10.2. The van der Waals surface area contributed by atoms with Crippen LogP contribution >= 0.6 is 0 Å². The van der Waals surface area contributed by atoms with E-state index in [-0.39, 0.29) is 36.9 Å². The molecule has 0 saturated heterocycles. The number of nitro benzene ring substituents is 3. The van der Waals surface area contributed by atoms with Crippen molar-refractivity contribution >= 4 is 17.1 Å². The van der Waals surface area contributed by atoms with Crippen molar-refractivity contribution in [2.75, 3.05) is 0 Å². The zero-order valence-corrected chi connectivity index (χ0v) is 20.3. The van der Waals surface area contributed by atoms with Gasteiger partial charge < -0.3 is 14.2 Å². The van der Waals surface area contributed by atoms with Crippen molar-refractivity contribution in [2.24, 2.45) is 0 Å². The summed E-state index contributed by atoms with van der Waals surface area (Å²) in [4.78, 5) is 31.2. The van der Waals surface area contributed by atoms with Gasteiger partial charge >= 0.3 is 0 Å². The second-order valence-corrected chi connectivity index (χ2v) is 8.25. The van der Waals surface area contributed by atoms with E-state index in [1.165, 1.54) is 36.4 Å². The van der Waals surface area contributed by atoms with Crippen LogP contribution in [0.15, 0.2) is 91.0 Å². The summed E-state index contributed by atoms with van der Waals surface area (Å²) in [6.45, 7) is 0.370. The average Bonchev–Trinajstić information content (AvgIpc) is 2.95. The molecule has 0 aliphatic carbocycles. The summed E-state index contributed by atoms with van der Waals surface area (Å²) in [5.41, 5.74) is 2.05. The highest BCUT2D eigenvalue weighted by molar-refractivity contribution is 5.46. The van der Waals surface area contributed by atoms with Crippen LogP contribution < -0.4 is 14.2 Å². The van der Waals surface area contributed by atoms with E-state index < -0.39 is 14.8 Å². The summed E-state index contributed by atoms with van der Waals surface area (Å²) >= 11 is 0. The lowest BCUT2D eigenvalue weighted by Crippen LogP contribution is -2.02. The molecular formula is C27H21N3O9. The van der Waals surface area contributed by atoms with E-state index in [1.54, 1.807) is 54.6 Å². The zero-order chi connectivity index (χ0) is 27.8. The third-order valence-corrected chi connectivity index (χ3v) is 5.55. The molecule has 0 bridgehead atoms. The van der Waals surface area contributed by atoms with Crippen LogP contribution in [0, 0.1) is 30.3 Å². The lowest BCUT2D eigenvalue weighted by Gasteiger charge is -2.15. The van der Waals surface area contributed by atoms with Crippen LogP contribution in [0.25, 0.3) is 0 Å². The van der Waals surface area contributed by atoms with Crippen molar-refractivity contribution in [2.45, 2.75) is 19.8 Å². The minimum atomic E-state index is -0.486. The molecule has 0 aliphatic heterocycles. The highest BCUT2D eigenvalue weighted by Gasteiger charge is 2.12. The molecule has 0 atom stereocenters. The molecule has 4 rings (SSSR count). The maximum Gasteiger partial charge on any atom is 0.269 e. The smallest absolute Gasteiger partial charge is 0.269 e. The van der Waals surface area contributed by atoms with E-state index in [9.17, 15) is 30.3 Å². The largest absolute Gasteiger partial charge is 0.489 e. The minimum Gasteiger partial charge on any atom is -0.489 e. The maximum atomic E-state index is 10.9. The number of nitrogens with zero attached hydrogens (tertiary/aromatic N) is 3. The van der Waals surface area contributed by atoms with Gasteiger partial charge in [-0.05, 0) is 65.2 Å². The van der Waals surface area contributed by atoms with Crippen molar-refractivity contribution in [3.05, 3.63) is 138 Å². The monoisotopic (exact) mass is 531 g/mol. The van der Waals surface area contributed by atoms with Crippen LogP contribution in [0.4, 0.5) is 17.1 Å². The van der Waals surface area contributed by atoms with Crippen LogP contribution in [-0.4, -0.2) is 14.8 Å². The number of nitro groups is 3. The van der Waals surface area contributed by atoms with Gasteiger partial charge in [-0.25, -0.2) is 0 Å². The van der Waals surface area contributed by atoms with E-state index in [0.717, 1.165) is 5.56 Å². The molecule has 198 valence electrons. The maximum absolute atomic E-state index is 10.9. The molecule has 4 aromatic carbocycles. The zero-order valence-electron chi connectivity index (χ0n) is 20.3. The highest BCUT2D eigenvalue weighted by Crippen LogP contribution is 2.33. The fraction of sp³-hybridized carbons (Fsp3) is 0.111. The number of ether oxygens (including phenoxy) is 3. The van der Waals surface area contributed by atoms with Crippen molar-refractivity contribution < 1.29 is 29.0 Å². The van der Waals surface area contributed by atoms with Crippen molar-refractivity contribution in [3.63, 3.8) is 0 Å². The Morgan fingerprint density at radius 3 is 1.21 bits per heavy atom. The second kappa shape index (κ2) is 12.1. The normalized spacial score (nSPS) is 10.5. The molecule has 0 saturated carbocycles. The van der Waals surface area contributed by atoms with Gasteiger partial charge in [0, 0.05) is 42.5 Å². The fourth-order valence-electron chi connectivity index (χ4n) is 3.44. The van der Waals surface area contributed by atoms with Gasteiger partial charge in [-0.1, -0.05) is 0 Å². The Hall–Kier alpha value is -5.52. The van der Waals surface area contributed by atoms with Gasteiger partial charge in [-0.2, -0.15) is 0 Å². The Morgan fingerprint density at radius 2 is 0.821 bits per heavy atom. The molecule has 4 aromatic rings. The highest BCUT2D eigenvalue weighted by atomic mass is 16.6. The lowest BCUT2D eigenvalue weighted by molar-refractivity contribution is -0.385. The summed E-state index contributed by atoms with van der Waals surface area (Å²) in [6.07, 6.45) is 0. The molecule has 0 fully saturated rings. The molecule has 0 radical (unpaired) electrons. The molecule has 39 heavy (non-hydrogen) atoms. The Balaban J connectivity index is 1.48. The van der Waals surface area contributed by atoms with E-state index in [0.29, 0.717) is 28.4 Å². The Kier molecular flexibility index (Phi) is 8.27. The van der Waals surface area contributed by atoms with Gasteiger partial charge in [0.05, 0.1) is 14.8 Å². The summed E-state index contributed by atoms with van der Waals surface area (Å²) in [6, 6.07) is 22.9. The number of hydrogen-bond acceptors (Lipinski definition) is 9. The predicted molar refractivity (Wildman–Crippen MR) is 139 cm³/mol. The van der Waals surface area contributed by atoms with Gasteiger partial charge in [0.25, 0.3) is 17.1 Å². The van der Waals surface area contributed by atoms with Crippen LogP contribution in [0.2, 0.25) is 0 Å². The van der Waals surface area contributed by atoms with Crippen molar-refractivity contribution in [3.8, 4) is 17.2 Å². The molecule has 0 heterocycles. The summed E-state index contributed by atoms with van der Waals surface area (Å²) in [5.74, 6) is 1.18. The van der Waals surface area contributed by atoms with Gasteiger partial charge in [-0.15, -0.1) is 0 Å². The Bertz CT molecular complexity index is 1470. The van der Waals surface area contributed by atoms with Crippen LogP contribution in [0.5, 0.6) is 17.2 Å². The first-order valence-corrected chi connectivity index (χ1v) is 11.5. The van der Waals surface area contributed by atoms with E-state index in [4.69, 9.17) is 14.2 Å². The van der Waals surface area contributed by atoms with Crippen molar-refractivity contribution in [1.82, 2.24) is 0 Å². The van der Waals surface area contributed by atoms with E-state index in [1.807, 2.05) is 0 Å². The topological polar surface area (TPSA) is 157 Å². The summed E-state index contributed by atoms with van der Waals surface area (Å²) < 4.78 is 17.7.